The SMILES string of the molecule is CCCNC(CC1CC1)c1ccc(Br)o1. The standard InChI is InChI=1S/C12H18BrNO/c1-2-7-14-10(8-9-3-4-9)11-5-6-12(13)15-11/h5-6,9-10,14H,2-4,7-8H2,1H3. The lowest BCUT2D eigenvalue weighted by Crippen LogP contribution is -2.22. The highest BCUT2D eigenvalue weighted by atomic mass is 79.9. The summed E-state index contributed by atoms with van der Waals surface area (Å²) in [7, 11) is 0. The molecule has 1 saturated carbocycles. The van der Waals surface area contributed by atoms with Crippen molar-refractivity contribution < 1.29 is 4.42 Å². The number of rotatable bonds is 6. The van der Waals surface area contributed by atoms with Gasteiger partial charge in [-0.15, -0.1) is 0 Å². The van der Waals surface area contributed by atoms with Crippen LogP contribution in [0.5, 0.6) is 0 Å². The second-order valence-electron chi connectivity index (χ2n) is 4.33. The first-order valence-electron chi connectivity index (χ1n) is 5.78. The van der Waals surface area contributed by atoms with E-state index in [-0.39, 0.29) is 0 Å². The lowest BCUT2D eigenvalue weighted by Gasteiger charge is -2.15. The van der Waals surface area contributed by atoms with Gasteiger partial charge >= 0.3 is 0 Å². The molecule has 2 nitrogen and oxygen atoms in total. The molecule has 2 rings (SSSR count). The van der Waals surface area contributed by atoms with Crippen LogP contribution < -0.4 is 5.32 Å². The Kier molecular flexibility index (Phi) is 3.87. The lowest BCUT2D eigenvalue weighted by molar-refractivity contribution is 0.375. The number of nitrogens with one attached hydrogen (secondary N) is 1. The Balaban J connectivity index is 1.96. The maximum Gasteiger partial charge on any atom is 0.169 e. The molecule has 3 heteroatoms. The molecule has 1 fully saturated rings. The van der Waals surface area contributed by atoms with Crippen LogP contribution in [0.2, 0.25) is 0 Å². The Labute approximate surface area is 99.6 Å². The monoisotopic (exact) mass is 271 g/mol. The third-order valence-corrected chi connectivity index (χ3v) is 3.27. The van der Waals surface area contributed by atoms with Crippen LogP contribution in [-0.2, 0) is 0 Å². The molecule has 0 spiro atoms. The minimum Gasteiger partial charge on any atom is -0.453 e. The fraction of sp³-hybridized carbons (Fsp3) is 0.667. The summed E-state index contributed by atoms with van der Waals surface area (Å²) in [5.41, 5.74) is 0. The molecule has 1 aromatic rings. The van der Waals surface area contributed by atoms with Crippen LogP contribution in [0, 0.1) is 5.92 Å². The van der Waals surface area contributed by atoms with Gasteiger partial charge in [0.25, 0.3) is 0 Å². The molecule has 0 saturated heterocycles. The molecule has 0 bridgehead atoms. The first kappa shape index (κ1) is 11.2. The number of hydrogen-bond acceptors (Lipinski definition) is 2. The number of halogens is 1. The summed E-state index contributed by atoms with van der Waals surface area (Å²) in [6.07, 6.45) is 5.18. The van der Waals surface area contributed by atoms with Gasteiger partial charge in [0, 0.05) is 0 Å². The molecule has 1 aromatic heterocycles. The highest BCUT2D eigenvalue weighted by Crippen LogP contribution is 2.38. The summed E-state index contributed by atoms with van der Waals surface area (Å²) in [5.74, 6) is 1.99. The Bertz CT molecular complexity index is 306. The highest BCUT2D eigenvalue weighted by molar-refractivity contribution is 9.10. The van der Waals surface area contributed by atoms with Crippen LogP contribution in [0.3, 0.4) is 0 Å². The molecule has 1 unspecified atom stereocenters. The molecule has 84 valence electrons. The third kappa shape index (κ3) is 3.35. The van der Waals surface area contributed by atoms with Gasteiger partial charge in [0.15, 0.2) is 4.67 Å². The summed E-state index contributed by atoms with van der Waals surface area (Å²) in [5, 5.41) is 3.56. The maximum absolute atomic E-state index is 5.63. The van der Waals surface area contributed by atoms with E-state index in [0.29, 0.717) is 6.04 Å². The molecule has 0 aromatic carbocycles. The van der Waals surface area contributed by atoms with Gasteiger partial charge in [0.2, 0.25) is 0 Å². The maximum atomic E-state index is 5.63. The van der Waals surface area contributed by atoms with Gasteiger partial charge in [-0.3, -0.25) is 0 Å². The largest absolute Gasteiger partial charge is 0.453 e. The van der Waals surface area contributed by atoms with E-state index in [1.807, 2.05) is 6.07 Å². The molecular formula is C12H18BrNO. The van der Waals surface area contributed by atoms with Crippen molar-refractivity contribution in [1.82, 2.24) is 5.32 Å². The molecule has 0 amide bonds. The van der Waals surface area contributed by atoms with E-state index in [9.17, 15) is 0 Å². The quantitative estimate of drug-likeness (QED) is 0.850. The van der Waals surface area contributed by atoms with Crippen molar-refractivity contribution in [2.45, 2.75) is 38.6 Å². The van der Waals surface area contributed by atoms with E-state index in [1.54, 1.807) is 0 Å². The fourth-order valence-corrected chi connectivity index (χ4v) is 2.14. The van der Waals surface area contributed by atoms with E-state index in [2.05, 4.69) is 34.2 Å². The molecule has 0 radical (unpaired) electrons. The van der Waals surface area contributed by atoms with Crippen molar-refractivity contribution in [3.05, 3.63) is 22.6 Å². The smallest absolute Gasteiger partial charge is 0.169 e. The summed E-state index contributed by atoms with van der Waals surface area (Å²) >= 11 is 3.36. The van der Waals surface area contributed by atoms with Gasteiger partial charge in [0.05, 0.1) is 6.04 Å². The van der Waals surface area contributed by atoms with Gasteiger partial charge in [-0.25, -0.2) is 0 Å². The van der Waals surface area contributed by atoms with Crippen LogP contribution in [-0.4, -0.2) is 6.54 Å². The van der Waals surface area contributed by atoms with Crippen molar-refractivity contribution in [3.8, 4) is 0 Å². The molecule has 1 atom stereocenters. The van der Waals surface area contributed by atoms with Crippen molar-refractivity contribution in [3.63, 3.8) is 0 Å². The average Bonchev–Trinajstić information content (AvgIpc) is 2.94. The van der Waals surface area contributed by atoms with Crippen LogP contribution in [0.4, 0.5) is 0 Å². The molecule has 1 N–H and O–H groups in total. The Hall–Kier alpha value is -0.280. The van der Waals surface area contributed by atoms with Crippen LogP contribution in [0.15, 0.2) is 21.2 Å². The van der Waals surface area contributed by atoms with Crippen molar-refractivity contribution >= 4 is 15.9 Å². The van der Waals surface area contributed by atoms with E-state index in [4.69, 9.17) is 4.42 Å². The normalized spacial score (nSPS) is 18.0. The van der Waals surface area contributed by atoms with Crippen molar-refractivity contribution in [2.24, 2.45) is 5.92 Å². The van der Waals surface area contributed by atoms with Gasteiger partial charge in [-0.1, -0.05) is 19.8 Å². The molecular weight excluding hydrogens is 254 g/mol. The van der Waals surface area contributed by atoms with Crippen LogP contribution in [0.1, 0.15) is 44.4 Å². The molecule has 0 aliphatic heterocycles. The molecule has 15 heavy (non-hydrogen) atoms. The zero-order valence-electron chi connectivity index (χ0n) is 9.13. The van der Waals surface area contributed by atoms with Crippen molar-refractivity contribution in [1.29, 1.82) is 0 Å². The van der Waals surface area contributed by atoms with Gasteiger partial charge < -0.3 is 9.73 Å². The summed E-state index contributed by atoms with van der Waals surface area (Å²) < 4.78 is 6.46. The molecule has 1 heterocycles. The Morgan fingerprint density at radius 1 is 1.53 bits per heavy atom. The number of furan rings is 1. The first-order valence-corrected chi connectivity index (χ1v) is 6.57. The van der Waals surface area contributed by atoms with E-state index in [0.717, 1.165) is 22.9 Å². The summed E-state index contributed by atoms with van der Waals surface area (Å²) in [4.78, 5) is 0. The summed E-state index contributed by atoms with van der Waals surface area (Å²) in [6.45, 7) is 3.26. The van der Waals surface area contributed by atoms with Crippen LogP contribution >= 0.6 is 15.9 Å². The topological polar surface area (TPSA) is 25.2 Å². The minimum absolute atomic E-state index is 0.406. The van der Waals surface area contributed by atoms with Gasteiger partial charge in [-0.2, -0.15) is 0 Å². The van der Waals surface area contributed by atoms with Crippen molar-refractivity contribution in [2.75, 3.05) is 6.54 Å². The first-order chi connectivity index (χ1) is 7.29. The van der Waals surface area contributed by atoms with E-state index in [1.165, 1.54) is 25.7 Å². The fourth-order valence-electron chi connectivity index (χ4n) is 1.82. The number of hydrogen-bond donors (Lipinski definition) is 1. The predicted octanol–water partition coefficient (Wildman–Crippen LogP) is 3.88. The van der Waals surface area contributed by atoms with Gasteiger partial charge in [0.1, 0.15) is 5.76 Å². The third-order valence-electron chi connectivity index (χ3n) is 2.84. The minimum atomic E-state index is 0.406. The lowest BCUT2D eigenvalue weighted by atomic mass is 10.1. The van der Waals surface area contributed by atoms with Crippen LogP contribution in [0.25, 0.3) is 0 Å². The summed E-state index contributed by atoms with van der Waals surface area (Å²) in [6, 6.07) is 4.45. The van der Waals surface area contributed by atoms with E-state index < -0.39 is 0 Å². The van der Waals surface area contributed by atoms with Gasteiger partial charge in [-0.05, 0) is 53.4 Å². The van der Waals surface area contributed by atoms with E-state index >= 15 is 0 Å². The molecule has 1 aliphatic carbocycles. The second-order valence-corrected chi connectivity index (χ2v) is 5.11. The second kappa shape index (κ2) is 5.17. The average molecular weight is 272 g/mol. The molecule has 1 aliphatic rings. The zero-order chi connectivity index (χ0) is 10.7. The zero-order valence-corrected chi connectivity index (χ0v) is 10.7. The predicted molar refractivity (Wildman–Crippen MR) is 64.8 cm³/mol. The Morgan fingerprint density at radius 2 is 2.33 bits per heavy atom. The Morgan fingerprint density at radius 3 is 2.87 bits per heavy atom. The highest BCUT2D eigenvalue weighted by Gasteiger charge is 2.27.